The summed E-state index contributed by atoms with van der Waals surface area (Å²) in [5.41, 5.74) is 1.32. The lowest BCUT2D eigenvalue weighted by Gasteiger charge is -2.13. The van der Waals surface area contributed by atoms with Crippen LogP contribution in [0.2, 0.25) is 0 Å². The average molecular weight is 531 g/mol. The molecule has 6 nitrogen and oxygen atoms in total. The number of nitrogens with zero attached hydrogens (tertiary/aromatic N) is 1. The van der Waals surface area contributed by atoms with E-state index in [0.717, 1.165) is 33.4 Å². The van der Waals surface area contributed by atoms with Crippen molar-refractivity contribution in [1.29, 1.82) is 0 Å². The summed E-state index contributed by atoms with van der Waals surface area (Å²) in [6.45, 7) is -0.309. The molecule has 4 aromatic rings. The molecule has 0 spiro atoms. The molecule has 1 fully saturated rings. The van der Waals surface area contributed by atoms with Crippen molar-refractivity contribution in [3.05, 3.63) is 113 Å². The van der Waals surface area contributed by atoms with E-state index in [4.69, 9.17) is 4.74 Å². The van der Waals surface area contributed by atoms with Gasteiger partial charge in [-0.1, -0.05) is 54.6 Å². The Bertz CT molecular complexity index is 1600. The molecule has 38 heavy (non-hydrogen) atoms. The van der Waals surface area contributed by atoms with Crippen LogP contribution in [0.25, 0.3) is 16.8 Å². The maximum Gasteiger partial charge on any atom is 0.294 e. The number of halogens is 2. The molecule has 0 saturated carbocycles. The first-order chi connectivity index (χ1) is 18.4. The van der Waals surface area contributed by atoms with Crippen LogP contribution in [0.15, 0.2) is 89.8 Å². The van der Waals surface area contributed by atoms with Gasteiger partial charge >= 0.3 is 0 Å². The molecule has 0 unspecified atom stereocenters. The predicted octanol–water partition coefficient (Wildman–Crippen LogP) is 6.37. The Kier molecular flexibility index (Phi) is 7.19. The summed E-state index contributed by atoms with van der Waals surface area (Å²) in [4.78, 5) is 38.6. The van der Waals surface area contributed by atoms with Crippen molar-refractivity contribution in [2.45, 2.75) is 6.61 Å². The van der Waals surface area contributed by atoms with Crippen molar-refractivity contribution in [3.8, 4) is 5.75 Å². The van der Waals surface area contributed by atoms with Crippen LogP contribution in [0.3, 0.4) is 0 Å². The summed E-state index contributed by atoms with van der Waals surface area (Å²) in [5, 5.41) is 3.84. The highest BCUT2D eigenvalue weighted by Gasteiger charge is 2.36. The van der Waals surface area contributed by atoms with Gasteiger partial charge in [0, 0.05) is 11.6 Å². The largest absolute Gasteiger partial charge is 0.488 e. The van der Waals surface area contributed by atoms with Gasteiger partial charge in [0.2, 0.25) is 5.91 Å². The number of para-hydroxylation sites is 1. The van der Waals surface area contributed by atoms with Gasteiger partial charge in [-0.25, -0.2) is 8.78 Å². The molecule has 1 N–H and O–H groups in total. The zero-order valence-corrected chi connectivity index (χ0v) is 20.6. The molecule has 5 rings (SSSR count). The molecular weight excluding hydrogens is 510 g/mol. The first-order valence-corrected chi connectivity index (χ1v) is 12.4. The van der Waals surface area contributed by atoms with Crippen molar-refractivity contribution in [2.75, 3.05) is 11.9 Å². The van der Waals surface area contributed by atoms with E-state index < -0.39 is 35.2 Å². The fourth-order valence-electron chi connectivity index (χ4n) is 3.92. The van der Waals surface area contributed by atoms with Crippen LogP contribution in [-0.2, 0) is 16.2 Å². The number of nitrogens with one attached hydrogen (secondary N) is 1. The molecule has 0 aliphatic carbocycles. The summed E-state index contributed by atoms with van der Waals surface area (Å²) in [6.07, 6.45) is 1.54. The number of fused-ring (bicyclic) bond motifs is 1. The third-order valence-electron chi connectivity index (χ3n) is 5.79. The molecule has 1 aliphatic rings. The molecule has 1 heterocycles. The van der Waals surface area contributed by atoms with E-state index in [0.29, 0.717) is 35.7 Å². The Morgan fingerprint density at radius 2 is 1.68 bits per heavy atom. The summed E-state index contributed by atoms with van der Waals surface area (Å²) < 4.78 is 33.0. The summed E-state index contributed by atoms with van der Waals surface area (Å²) in [7, 11) is 0. The summed E-state index contributed by atoms with van der Waals surface area (Å²) in [5.74, 6) is -2.68. The van der Waals surface area contributed by atoms with Gasteiger partial charge < -0.3 is 10.1 Å². The maximum absolute atomic E-state index is 13.8. The number of anilines is 1. The van der Waals surface area contributed by atoms with Crippen LogP contribution in [0.4, 0.5) is 19.3 Å². The number of benzene rings is 4. The van der Waals surface area contributed by atoms with Crippen molar-refractivity contribution >= 4 is 51.4 Å². The van der Waals surface area contributed by atoms with E-state index in [1.54, 1.807) is 24.3 Å². The van der Waals surface area contributed by atoms with E-state index in [1.807, 2.05) is 42.5 Å². The Balaban J connectivity index is 1.27. The number of ether oxygens (including phenoxy) is 1. The normalized spacial score (nSPS) is 14.4. The van der Waals surface area contributed by atoms with Crippen molar-refractivity contribution in [3.63, 3.8) is 0 Å². The second-order valence-electron chi connectivity index (χ2n) is 8.45. The van der Waals surface area contributed by atoms with Crippen molar-refractivity contribution in [1.82, 2.24) is 4.90 Å². The summed E-state index contributed by atoms with van der Waals surface area (Å²) >= 11 is 0.694. The van der Waals surface area contributed by atoms with Gasteiger partial charge in [0.25, 0.3) is 11.1 Å². The van der Waals surface area contributed by atoms with E-state index in [1.165, 1.54) is 6.08 Å². The monoisotopic (exact) mass is 530 g/mol. The number of imide groups is 1. The highest BCUT2D eigenvalue weighted by atomic mass is 32.2. The number of thioether (sulfide) groups is 1. The number of amides is 3. The Morgan fingerprint density at radius 3 is 2.50 bits per heavy atom. The van der Waals surface area contributed by atoms with E-state index in [-0.39, 0.29) is 10.6 Å². The Hall–Kier alpha value is -4.50. The van der Waals surface area contributed by atoms with Crippen LogP contribution in [0.5, 0.6) is 5.75 Å². The summed E-state index contributed by atoms with van der Waals surface area (Å²) in [6, 6.07) is 23.9. The SMILES string of the molecule is O=C(CN1C(=O)S/C(=C\c2ccccc2OCc2ccc3ccccc3c2)C1=O)Nc1ccc(F)cc1F. The minimum absolute atomic E-state index is 0.123. The lowest BCUT2D eigenvalue weighted by Crippen LogP contribution is -2.36. The standard InChI is InChI=1S/C29H20F2N2O4S/c30-22-11-12-24(23(31)15-22)32-27(34)16-33-28(35)26(38-29(33)36)14-21-7-3-4-8-25(21)37-17-18-9-10-19-5-1-2-6-20(19)13-18/h1-15H,16-17H2,(H,32,34)/b26-14-. The fourth-order valence-corrected chi connectivity index (χ4v) is 4.75. The van der Waals surface area contributed by atoms with Gasteiger partial charge in [-0.3, -0.25) is 19.3 Å². The van der Waals surface area contributed by atoms with Crippen molar-refractivity contribution in [2.24, 2.45) is 0 Å². The quantitative estimate of drug-likeness (QED) is 0.281. The van der Waals surface area contributed by atoms with E-state index in [9.17, 15) is 23.2 Å². The minimum Gasteiger partial charge on any atom is -0.488 e. The smallest absolute Gasteiger partial charge is 0.294 e. The molecule has 0 radical (unpaired) electrons. The molecule has 0 aromatic heterocycles. The van der Waals surface area contributed by atoms with Crippen LogP contribution in [-0.4, -0.2) is 28.5 Å². The number of carbonyl (C=O) groups is 3. The highest BCUT2D eigenvalue weighted by Crippen LogP contribution is 2.34. The second kappa shape index (κ2) is 10.9. The molecule has 190 valence electrons. The molecule has 0 bridgehead atoms. The maximum atomic E-state index is 13.8. The number of hydrogen-bond acceptors (Lipinski definition) is 5. The van der Waals surface area contributed by atoms with Gasteiger partial charge in [0.05, 0.1) is 10.6 Å². The van der Waals surface area contributed by atoms with Gasteiger partial charge in [-0.2, -0.15) is 0 Å². The second-order valence-corrected chi connectivity index (χ2v) is 9.44. The van der Waals surface area contributed by atoms with E-state index >= 15 is 0 Å². The number of hydrogen-bond donors (Lipinski definition) is 1. The third-order valence-corrected chi connectivity index (χ3v) is 6.70. The lowest BCUT2D eigenvalue weighted by molar-refractivity contribution is -0.127. The Morgan fingerprint density at radius 1 is 0.921 bits per heavy atom. The van der Waals surface area contributed by atoms with Crippen LogP contribution >= 0.6 is 11.8 Å². The lowest BCUT2D eigenvalue weighted by atomic mass is 10.1. The van der Waals surface area contributed by atoms with E-state index in [2.05, 4.69) is 5.32 Å². The zero-order valence-electron chi connectivity index (χ0n) is 19.8. The third kappa shape index (κ3) is 5.57. The van der Waals surface area contributed by atoms with Crippen LogP contribution < -0.4 is 10.1 Å². The first-order valence-electron chi connectivity index (χ1n) is 11.6. The minimum atomic E-state index is -0.965. The van der Waals surface area contributed by atoms with Crippen molar-refractivity contribution < 1.29 is 27.9 Å². The molecule has 0 atom stereocenters. The topological polar surface area (TPSA) is 75.7 Å². The molecule has 1 saturated heterocycles. The fraction of sp³-hybridized carbons (Fsp3) is 0.0690. The zero-order chi connectivity index (χ0) is 26.6. The molecular formula is C29H20F2N2O4S. The average Bonchev–Trinajstić information content (AvgIpc) is 3.17. The predicted molar refractivity (Wildman–Crippen MR) is 142 cm³/mol. The van der Waals surface area contributed by atoms with Gasteiger partial charge in [0.1, 0.15) is 30.5 Å². The molecule has 3 amide bonds. The molecule has 9 heteroatoms. The van der Waals surface area contributed by atoms with Crippen LogP contribution in [0.1, 0.15) is 11.1 Å². The highest BCUT2D eigenvalue weighted by molar-refractivity contribution is 8.18. The molecule has 4 aromatic carbocycles. The Labute approximate surface area is 220 Å². The molecule has 1 aliphatic heterocycles. The van der Waals surface area contributed by atoms with Gasteiger partial charge in [0.15, 0.2) is 0 Å². The van der Waals surface area contributed by atoms with Gasteiger partial charge in [-0.15, -0.1) is 0 Å². The van der Waals surface area contributed by atoms with Crippen LogP contribution in [0, 0.1) is 11.6 Å². The number of carbonyl (C=O) groups excluding carboxylic acids is 3. The number of rotatable bonds is 7. The van der Waals surface area contributed by atoms with Gasteiger partial charge in [-0.05, 0) is 58.4 Å². The first kappa shape index (κ1) is 25.2.